The first-order valence-corrected chi connectivity index (χ1v) is 14.6. The van der Waals surface area contributed by atoms with Crippen LogP contribution >= 0.6 is 0 Å². The van der Waals surface area contributed by atoms with Gasteiger partial charge in [0.1, 0.15) is 16.8 Å². The average molecular weight is 627 g/mol. The Labute approximate surface area is 264 Å². The minimum atomic E-state index is -0.787. The summed E-state index contributed by atoms with van der Waals surface area (Å²) in [5, 5.41) is 13.6. The van der Waals surface area contributed by atoms with Crippen molar-refractivity contribution in [2.24, 2.45) is 4.99 Å². The molecule has 2 aromatic carbocycles. The van der Waals surface area contributed by atoms with Crippen molar-refractivity contribution in [3.05, 3.63) is 48.5 Å². The largest absolute Gasteiger partial charge is 0.444 e. The monoisotopic (exact) mass is 626 g/mol. The van der Waals surface area contributed by atoms with Crippen LogP contribution in [0.5, 0.6) is 0 Å². The molecule has 2 aromatic rings. The van der Waals surface area contributed by atoms with Gasteiger partial charge in [-0.3, -0.25) is 15.4 Å². The summed E-state index contributed by atoms with van der Waals surface area (Å²) in [6.07, 6.45) is -1.37. The summed E-state index contributed by atoms with van der Waals surface area (Å²) in [5.74, 6) is -0.323. The highest BCUT2D eigenvalue weighted by Gasteiger charge is 2.21. The predicted molar refractivity (Wildman–Crippen MR) is 174 cm³/mol. The number of nitrogens with one attached hydrogen (secondary N) is 5. The van der Waals surface area contributed by atoms with Crippen molar-refractivity contribution in [2.45, 2.75) is 92.0 Å². The van der Waals surface area contributed by atoms with Crippen LogP contribution in [0.2, 0.25) is 0 Å². The summed E-state index contributed by atoms with van der Waals surface area (Å²) in [6, 6.07) is 14.1. The first kappa shape index (κ1) is 36.4. The Morgan fingerprint density at radius 1 is 0.622 bits per heavy atom. The van der Waals surface area contributed by atoms with Crippen molar-refractivity contribution >= 4 is 52.9 Å². The van der Waals surface area contributed by atoms with Crippen molar-refractivity contribution in [3.63, 3.8) is 0 Å². The second-order valence-electron chi connectivity index (χ2n) is 13.0. The summed E-state index contributed by atoms with van der Waals surface area (Å²) in [6.45, 7) is 16.0. The van der Waals surface area contributed by atoms with Crippen LogP contribution in [0.3, 0.4) is 0 Å². The van der Waals surface area contributed by atoms with E-state index < -0.39 is 35.1 Å². The van der Waals surface area contributed by atoms with Gasteiger partial charge in [-0.2, -0.15) is 0 Å². The number of amides is 4. The highest BCUT2D eigenvalue weighted by molar-refractivity contribution is 6.02. The van der Waals surface area contributed by atoms with E-state index in [0.717, 1.165) is 11.4 Å². The minimum absolute atomic E-state index is 0.156. The summed E-state index contributed by atoms with van der Waals surface area (Å²) in [5.41, 5.74) is 0.546. The van der Waals surface area contributed by atoms with E-state index in [-0.39, 0.29) is 18.3 Å². The number of anilines is 3. The van der Waals surface area contributed by atoms with Crippen molar-refractivity contribution < 1.29 is 33.4 Å². The van der Waals surface area contributed by atoms with Crippen LogP contribution in [0.1, 0.15) is 75.2 Å². The maximum Gasteiger partial charge on any atom is 0.414 e. The molecular formula is C32H46N6O7. The summed E-state index contributed by atoms with van der Waals surface area (Å²) < 4.78 is 15.7. The molecule has 5 N–H and O–H groups in total. The third-order valence-electron chi connectivity index (χ3n) is 5.05. The Kier molecular flexibility index (Phi) is 12.8. The molecule has 0 spiro atoms. The fraction of sp³-hybridized carbons (Fsp3) is 0.469. The Morgan fingerprint density at radius 2 is 1.04 bits per heavy atom. The lowest BCUT2D eigenvalue weighted by atomic mass is 10.2. The molecule has 0 bridgehead atoms. The van der Waals surface area contributed by atoms with E-state index in [1.165, 1.54) is 0 Å². The molecule has 0 saturated heterocycles. The van der Waals surface area contributed by atoms with Gasteiger partial charge in [0.15, 0.2) is 0 Å². The molecule has 0 saturated carbocycles. The molecule has 0 unspecified atom stereocenters. The van der Waals surface area contributed by atoms with Gasteiger partial charge in [-0.05, 0) is 117 Å². The number of ether oxygens (including phenoxy) is 3. The van der Waals surface area contributed by atoms with E-state index in [1.807, 2.05) is 12.1 Å². The van der Waals surface area contributed by atoms with Gasteiger partial charge in [0, 0.05) is 30.0 Å². The number of carbonyl (C=O) groups excluding carboxylic acids is 4. The molecule has 13 heteroatoms. The molecule has 13 nitrogen and oxygen atoms in total. The molecule has 0 atom stereocenters. The van der Waals surface area contributed by atoms with Crippen molar-refractivity contribution in [1.82, 2.24) is 16.0 Å². The lowest BCUT2D eigenvalue weighted by molar-refractivity contribution is -0.116. The number of benzene rings is 2. The predicted octanol–water partition coefficient (Wildman–Crippen LogP) is 6.71. The van der Waals surface area contributed by atoms with E-state index in [4.69, 9.17) is 14.2 Å². The van der Waals surface area contributed by atoms with Crippen LogP contribution in [0.4, 0.5) is 37.1 Å². The maximum absolute atomic E-state index is 12.3. The first-order chi connectivity index (χ1) is 20.8. The van der Waals surface area contributed by atoms with Crippen LogP contribution in [-0.4, -0.2) is 53.5 Å². The number of carbonyl (C=O) groups is 4. The zero-order valence-electron chi connectivity index (χ0n) is 27.5. The summed E-state index contributed by atoms with van der Waals surface area (Å²) in [4.78, 5) is 52.9. The number of aliphatic imine (C=N–C) groups is 1. The summed E-state index contributed by atoms with van der Waals surface area (Å²) in [7, 11) is 0. The van der Waals surface area contributed by atoms with E-state index in [1.54, 1.807) is 98.7 Å². The Hall–Kier alpha value is -4.81. The second kappa shape index (κ2) is 15.8. The van der Waals surface area contributed by atoms with Gasteiger partial charge < -0.3 is 30.2 Å². The molecule has 2 rings (SSSR count). The van der Waals surface area contributed by atoms with E-state index >= 15 is 0 Å². The number of alkyl carbamates (subject to hydrolysis) is 3. The Bertz CT molecular complexity index is 1300. The van der Waals surface area contributed by atoms with E-state index in [9.17, 15) is 19.2 Å². The van der Waals surface area contributed by atoms with Gasteiger partial charge in [0.05, 0.1) is 5.69 Å². The molecule has 0 aliphatic rings. The summed E-state index contributed by atoms with van der Waals surface area (Å²) >= 11 is 0. The van der Waals surface area contributed by atoms with Crippen LogP contribution in [-0.2, 0) is 19.0 Å². The van der Waals surface area contributed by atoms with E-state index in [0.29, 0.717) is 24.3 Å². The smallest absolute Gasteiger partial charge is 0.414 e. The van der Waals surface area contributed by atoms with Gasteiger partial charge in [-0.25, -0.2) is 19.4 Å². The quantitative estimate of drug-likeness (QED) is 0.0932. The molecule has 0 aromatic heterocycles. The van der Waals surface area contributed by atoms with Gasteiger partial charge in [-0.15, -0.1) is 0 Å². The number of guanidine groups is 1. The third-order valence-corrected chi connectivity index (χ3v) is 5.05. The molecule has 0 aliphatic heterocycles. The molecular weight excluding hydrogens is 580 g/mol. The van der Waals surface area contributed by atoms with Gasteiger partial charge in [0.25, 0.3) is 0 Å². The zero-order valence-corrected chi connectivity index (χ0v) is 27.5. The van der Waals surface area contributed by atoms with Crippen molar-refractivity contribution in [3.8, 4) is 0 Å². The highest BCUT2D eigenvalue weighted by Crippen LogP contribution is 2.22. The average Bonchev–Trinajstić information content (AvgIpc) is 2.85. The van der Waals surface area contributed by atoms with Gasteiger partial charge in [-0.1, -0.05) is 0 Å². The molecule has 0 radical (unpaired) electrons. The SMILES string of the molecule is CC(C)(C)OC(=O)NCCCC(=O)Nc1ccc(Nc2ccc(N=C(NC(=O)OC(C)(C)C)NC(=O)OC(C)(C)C)cc2)cc1. The lowest BCUT2D eigenvalue weighted by Crippen LogP contribution is -2.47. The molecule has 0 fully saturated rings. The molecule has 0 heterocycles. The fourth-order valence-corrected chi connectivity index (χ4v) is 3.42. The fourth-order valence-electron chi connectivity index (χ4n) is 3.42. The standard InChI is InChI=1S/C32H46N6O7/c1-30(2,3)43-27(40)33-20-10-11-25(39)35-23-16-12-21(13-17-23)34-22-14-18-24(19-15-22)36-26(37-28(41)44-31(4,5)6)38-29(42)45-32(7,8)9/h12-19,34H,10-11,20H2,1-9H3,(H,33,40)(H,35,39)(H2,36,37,38,41,42). The van der Waals surface area contributed by atoms with Crippen LogP contribution in [0.15, 0.2) is 53.5 Å². The second-order valence-corrected chi connectivity index (χ2v) is 13.0. The van der Waals surface area contributed by atoms with Crippen molar-refractivity contribution in [2.75, 3.05) is 17.2 Å². The van der Waals surface area contributed by atoms with Crippen LogP contribution in [0, 0.1) is 0 Å². The Morgan fingerprint density at radius 3 is 1.51 bits per heavy atom. The highest BCUT2D eigenvalue weighted by atomic mass is 16.6. The molecule has 45 heavy (non-hydrogen) atoms. The molecule has 4 amide bonds. The van der Waals surface area contributed by atoms with Crippen LogP contribution < -0.4 is 26.6 Å². The first-order valence-electron chi connectivity index (χ1n) is 14.6. The third kappa shape index (κ3) is 16.6. The number of nitrogens with zero attached hydrogens (tertiary/aromatic N) is 1. The number of rotatable bonds is 8. The van der Waals surface area contributed by atoms with Gasteiger partial charge in [0.2, 0.25) is 11.9 Å². The number of hydrogen-bond acceptors (Lipinski definition) is 9. The van der Waals surface area contributed by atoms with E-state index in [2.05, 4.69) is 31.6 Å². The maximum atomic E-state index is 12.3. The molecule has 0 aliphatic carbocycles. The minimum Gasteiger partial charge on any atom is -0.444 e. The topological polar surface area (TPSA) is 168 Å². The van der Waals surface area contributed by atoms with Crippen LogP contribution in [0.25, 0.3) is 0 Å². The van der Waals surface area contributed by atoms with Gasteiger partial charge >= 0.3 is 18.3 Å². The zero-order chi connectivity index (χ0) is 33.8. The lowest BCUT2D eigenvalue weighted by Gasteiger charge is -2.22. The Balaban J connectivity index is 1.95. The normalized spacial score (nSPS) is 11.4. The van der Waals surface area contributed by atoms with Crippen molar-refractivity contribution in [1.29, 1.82) is 0 Å². The number of hydrogen-bond donors (Lipinski definition) is 5. The molecule has 246 valence electrons.